The molecule has 0 bridgehead atoms. The number of fused-ring (bicyclic) bond motifs is 1. The van der Waals surface area contributed by atoms with Gasteiger partial charge in [0.1, 0.15) is 5.82 Å². The van der Waals surface area contributed by atoms with Crippen LogP contribution in [0.25, 0.3) is 27.9 Å². The van der Waals surface area contributed by atoms with Crippen molar-refractivity contribution in [2.45, 2.75) is 39.8 Å². The van der Waals surface area contributed by atoms with Crippen LogP contribution < -0.4 is 27.3 Å². The summed E-state index contributed by atoms with van der Waals surface area (Å²) in [6, 6.07) is 14.0. The zero-order valence-electron chi connectivity index (χ0n) is 21.6. The van der Waals surface area contributed by atoms with Crippen molar-refractivity contribution in [2.24, 2.45) is 16.8 Å². The minimum absolute atomic E-state index is 0.0455. The highest BCUT2D eigenvalue weighted by molar-refractivity contribution is 5.99. The topological polar surface area (TPSA) is 122 Å². The molecule has 0 amide bonds. The van der Waals surface area contributed by atoms with Crippen molar-refractivity contribution < 1.29 is 4.39 Å². The Hall–Kier alpha value is -4.02. The van der Waals surface area contributed by atoms with Crippen molar-refractivity contribution in [1.82, 2.24) is 25.3 Å². The molecule has 0 spiro atoms. The summed E-state index contributed by atoms with van der Waals surface area (Å²) >= 11 is 0. The van der Waals surface area contributed by atoms with Gasteiger partial charge >= 0.3 is 0 Å². The Morgan fingerprint density at radius 3 is 2.35 bits per heavy atom. The zero-order chi connectivity index (χ0) is 26.5. The van der Waals surface area contributed by atoms with E-state index in [-0.39, 0.29) is 11.4 Å². The first-order valence-electron chi connectivity index (χ1n) is 12.5. The summed E-state index contributed by atoms with van der Waals surface area (Å²) in [4.78, 5) is 7.12. The quantitative estimate of drug-likeness (QED) is 0.146. The summed E-state index contributed by atoms with van der Waals surface area (Å²) in [5.74, 6) is 10.3. The van der Waals surface area contributed by atoms with Gasteiger partial charge in [-0.1, -0.05) is 32.0 Å². The first kappa shape index (κ1) is 26.1. The second kappa shape index (κ2) is 11.4. The molecule has 194 valence electrons. The Morgan fingerprint density at radius 2 is 1.70 bits per heavy atom. The predicted octanol–water partition coefficient (Wildman–Crippen LogP) is 3.50. The van der Waals surface area contributed by atoms with Crippen molar-refractivity contribution in [3.05, 3.63) is 72.4 Å². The molecule has 6 N–H and O–H groups in total. The number of hydrazine groups is 1. The Kier molecular flexibility index (Phi) is 8.00. The van der Waals surface area contributed by atoms with E-state index in [9.17, 15) is 4.39 Å². The molecule has 3 heterocycles. The van der Waals surface area contributed by atoms with E-state index in [2.05, 4.69) is 68.9 Å². The molecular formula is C27H34FN9. The van der Waals surface area contributed by atoms with Gasteiger partial charge in [0, 0.05) is 54.4 Å². The van der Waals surface area contributed by atoms with Gasteiger partial charge in [0.05, 0.1) is 11.8 Å². The third kappa shape index (κ3) is 5.11. The summed E-state index contributed by atoms with van der Waals surface area (Å²) in [5.41, 5.74) is 7.82. The van der Waals surface area contributed by atoms with Crippen LogP contribution in [0.15, 0.2) is 66.2 Å². The molecule has 2 aromatic carbocycles. The molecular weight excluding hydrogens is 469 g/mol. The van der Waals surface area contributed by atoms with E-state index in [0.29, 0.717) is 17.7 Å². The van der Waals surface area contributed by atoms with Gasteiger partial charge in [-0.3, -0.25) is 0 Å². The lowest BCUT2D eigenvalue weighted by molar-refractivity contribution is 0.432. The predicted molar refractivity (Wildman–Crippen MR) is 147 cm³/mol. The van der Waals surface area contributed by atoms with Crippen LogP contribution in [0.3, 0.4) is 0 Å². The molecule has 2 atom stereocenters. The van der Waals surface area contributed by atoms with Gasteiger partial charge in [0.25, 0.3) is 0 Å². The zero-order valence-corrected chi connectivity index (χ0v) is 21.6. The van der Waals surface area contributed by atoms with E-state index >= 15 is 0 Å². The maximum Gasteiger partial charge on any atom is 0.169 e. The number of nitrogens with one attached hydrogen (secondary N) is 2. The first-order valence-corrected chi connectivity index (χ1v) is 12.5. The smallest absolute Gasteiger partial charge is 0.169 e. The largest absolute Gasteiger partial charge is 0.364 e. The van der Waals surface area contributed by atoms with Gasteiger partial charge < -0.3 is 21.5 Å². The standard InChI is InChI=1S/C25H28FN9.C2H6/c1-15-10-29-11-16(2)35(15)20-6-3-17(4-7-20)19-12-30-25-22(13-31-34(25)14-19)18-5-8-23(26)21(9-18)24(32-27)33-28;1-2/h3-9,12-16,29H,10-11,27-28H2,1-2H3,(H,32,33);1-2H3. The number of hydrogen-bond acceptors (Lipinski definition) is 7. The van der Waals surface area contributed by atoms with Gasteiger partial charge in [0.2, 0.25) is 0 Å². The Balaban J connectivity index is 0.00000156. The molecule has 1 fully saturated rings. The molecule has 2 unspecified atom stereocenters. The fourth-order valence-electron chi connectivity index (χ4n) is 4.75. The number of hydrazone groups is 1. The van der Waals surface area contributed by atoms with Gasteiger partial charge in [0.15, 0.2) is 11.5 Å². The molecule has 1 saturated heterocycles. The van der Waals surface area contributed by atoms with E-state index in [4.69, 9.17) is 11.7 Å². The van der Waals surface area contributed by atoms with Crippen LogP contribution in [0.1, 0.15) is 33.3 Å². The van der Waals surface area contributed by atoms with Crippen LogP contribution in [0.4, 0.5) is 10.1 Å². The van der Waals surface area contributed by atoms with Crippen molar-refractivity contribution in [2.75, 3.05) is 18.0 Å². The molecule has 1 aliphatic heterocycles. The Labute approximate surface area is 216 Å². The van der Waals surface area contributed by atoms with Crippen LogP contribution in [0.2, 0.25) is 0 Å². The van der Waals surface area contributed by atoms with Crippen LogP contribution in [0.5, 0.6) is 0 Å². The number of nitrogens with two attached hydrogens (primary N) is 2. The highest BCUT2D eigenvalue weighted by Crippen LogP contribution is 2.29. The third-order valence-electron chi connectivity index (χ3n) is 6.48. The summed E-state index contributed by atoms with van der Waals surface area (Å²) in [7, 11) is 0. The molecule has 4 aromatic rings. The molecule has 5 rings (SSSR count). The van der Waals surface area contributed by atoms with E-state index in [1.54, 1.807) is 22.8 Å². The highest BCUT2D eigenvalue weighted by atomic mass is 19.1. The molecule has 2 aromatic heterocycles. The van der Waals surface area contributed by atoms with Crippen LogP contribution in [-0.4, -0.2) is 45.6 Å². The molecule has 0 saturated carbocycles. The Bertz CT molecular complexity index is 1370. The molecule has 1 aliphatic rings. The fourth-order valence-corrected chi connectivity index (χ4v) is 4.75. The van der Waals surface area contributed by atoms with Crippen molar-refractivity contribution in [3.8, 4) is 22.3 Å². The number of rotatable bonds is 4. The average Bonchev–Trinajstić information content (AvgIpc) is 3.35. The summed E-state index contributed by atoms with van der Waals surface area (Å²) in [5, 5.41) is 11.5. The minimum atomic E-state index is -0.490. The average molecular weight is 504 g/mol. The number of hydrogen-bond donors (Lipinski definition) is 4. The van der Waals surface area contributed by atoms with Gasteiger partial charge in [-0.05, 0) is 49.2 Å². The maximum absolute atomic E-state index is 14.3. The number of nitrogens with zero attached hydrogens (tertiary/aromatic N) is 5. The van der Waals surface area contributed by atoms with E-state index < -0.39 is 5.82 Å². The summed E-state index contributed by atoms with van der Waals surface area (Å²) < 4.78 is 16.0. The van der Waals surface area contributed by atoms with Crippen molar-refractivity contribution in [1.29, 1.82) is 0 Å². The summed E-state index contributed by atoms with van der Waals surface area (Å²) in [6.07, 6.45) is 5.47. The fraction of sp³-hybridized carbons (Fsp3) is 0.296. The third-order valence-corrected chi connectivity index (χ3v) is 6.48. The van der Waals surface area contributed by atoms with Crippen molar-refractivity contribution in [3.63, 3.8) is 0 Å². The number of piperazine rings is 1. The number of benzene rings is 2. The van der Waals surface area contributed by atoms with Crippen molar-refractivity contribution >= 4 is 17.2 Å². The number of anilines is 1. The minimum Gasteiger partial charge on any atom is -0.364 e. The van der Waals surface area contributed by atoms with Crippen LogP contribution >= 0.6 is 0 Å². The molecule has 0 radical (unpaired) electrons. The van der Waals surface area contributed by atoms with Crippen LogP contribution in [0, 0.1) is 5.82 Å². The monoisotopic (exact) mass is 503 g/mol. The van der Waals surface area contributed by atoms with Gasteiger partial charge in [-0.25, -0.2) is 19.7 Å². The van der Waals surface area contributed by atoms with E-state index in [0.717, 1.165) is 35.3 Å². The molecule has 37 heavy (non-hydrogen) atoms. The lowest BCUT2D eigenvalue weighted by Crippen LogP contribution is -2.55. The van der Waals surface area contributed by atoms with E-state index in [1.165, 1.54) is 11.8 Å². The van der Waals surface area contributed by atoms with E-state index in [1.807, 2.05) is 26.2 Å². The lowest BCUT2D eigenvalue weighted by atomic mass is 10.0. The van der Waals surface area contributed by atoms with Crippen LogP contribution in [-0.2, 0) is 0 Å². The summed E-state index contributed by atoms with van der Waals surface area (Å²) in [6.45, 7) is 10.4. The number of halogens is 1. The molecule has 10 heteroatoms. The number of amidine groups is 1. The Morgan fingerprint density at radius 1 is 1.03 bits per heavy atom. The van der Waals surface area contributed by atoms with Gasteiger partial charge in [-0.2, -0.15) is 10.2 Å². The normalized spacial score (nSPS) is 17.9. The second-order valence-electron chi connectivity index (χ2n) is 8.80. The molecule has 0 aliphatic carbocycles. The van der Waals surface area contributed by atoms with Gasteiger partial charge in [-0.15, -0.1) is 0 Å². The maximum atomic E-state index is 14.3. The lowest BCUT2D eigenvalue weighted by Gasteiger charge is -2.41. The second-order valence-corrected chi connectivity index (χ2v) is 8.80. The molecule has 9 nitrogen and oxygen atoms in total. The highest BCUT2D eigenvalue weighted by Gasteiger charge is 2.24. The number of aromatic nitrogens is 3. The SMILES string of the molecule is CC.CC1CNCC(C)N1c1ccc(-c2cnc3c(-c4ccc(F)c(/C(=N/N)NN)c4)cnn3c2)cc1. The first-order chi connectivity index (χ1) is 18.0.